The summed E-state index contributed by atoms with van der Waals surface area (Å²) in [5.41, 5.74) is 1.21. The Morgan fingerprint density at radius 1 is 1.07 bits per heavy atom. The molecule has 0 bridgehead atoms. The zero-order chi connectivity index (χ0) is 21.1. The third-order valence-electron chi connectivity index (χ3n) is 4.45. The predicted molar refractivity (Wildman–Crippen MR) is 115 cm³/mol. The lowest BCUT2D eigenvalue weighted by Crippen LogP contribution is -2.15. The van der Waals surface area contributed by atoms with Gasteiger partial charge in [-0.2, -0.15) is 4.99 Å². The van der Waals surface area contributed by atoms with Crippen molar-refractivity contribution in [2.75, 3.05) is 0 Å². The smallest absolute Gasteiger partial charge is 0.279 e. The lowest BCUT2D eigenvalue weighted by atomic mass is 10.2. The molecule has 30 heavy (non-hydrogen) atoms. The van der Waals surface area contributed by atoms with Crippen LogP contribution >= 0.6 is 11.3 Å². The number of hydrogen-bond donors (Lipinski definition) is 0. The Bertz CT molecular complexity index is 1310. The topological polar surface area (TPSA) is 86.7 Å². The Morgan fingerprint density at radius 2 is 1.83 bits per heavy atom. The minimum absolute atomic E-state index is 0.00985. The molecule has 0 aliphatic heterocycles. The minimum atomic E-state index is -0.435. The standard InChI is InChI=1S/C22H17N3O4S/c1-2-24-19-12-11-16(25(27)28)14-20(19)30-22(24)23-21(26)15-7-6-10-18(13-15)29-17-8-4-3-5-9-17/h3-14H,2H2,1H3. The number of ether oxygens (including phenoxy) is 1. The van der Waals surface area contributed by atoms with Crippen molar-refractivity contribution in [3.8, 4) is 11.5 Å². The number of nitro groups is 1. The van der Waals surface area contributed by atoms with Crippen LogP contribution in [0.5, 0.6) is 11.5 Å². The molecule has 0 aliphatic rings. The molecule has 0 spiro atoms. The molecule has 3 aromatic carbocycles. The Labute approximate surface area is 175 Å². The largest absolute Gasteiger partial charge is 0.457 e. The average molecular weight is 419 g/mol. The molecule has 150 valence electrons. The number of non-ortho nitro benzene ring substituents is 1. The quantitative estimate of drug-likeness (QED) is 0.330. The molecule has 1 amide bonds. The number of amides is 1. The highest BCUT2D eigenvalue weighted by Crippen LogP contribution is 2.24. The summed E-state index contributed by atoms with van der Waals surface area (Å²) in [7, 11) is 0. The van der Waals surface area contributed by atoms with E-state index in [1.165, 1.54) is 23.5 Å². The summed E-state index contributed by atoms with van der Waals surface area (Å²) in [6.07, 6.45) is 0. The average Bonchev–Trinajstić information content (AvgIpc) is 3.10. The molecule has 7 nitrogen and oxygen atoms in total. The fourth-order valence-electron chi connectivity index (χ4n) is 3.04. The van der Waals surface area contributed by atoms with Gasteiger partial charge < -0.3 is 9.30 Å². The first-order valence-electron chi connectivity index (χ1n) is 9.25. The van der Waals surface area contributed by atoms with E-state index in [-0.39, 0.29) is 5.69 Å². The molecule has 0 saturated heterocycles. The highest BCUT2D eigenvalue weighted by Gasteiger charge is 2.13. The maximum Gasteiger partial charge on any atom is 0.279 e. The molecular weight excluding hydrogens is 402 g/mol. The summed E-state index contributed by atoms with van der Waals surface area (Å²) in [5.74, 6) is 0.809. The third-order valence-corrected chi connectivity index (χ3v) is 5.49. The number of aryl methyl sites for hydroxylation is 1. The summed E-state index contributed by atoms with van der Waals surface area (Å²) in [6, 6.07) is 20.8. The molecule has 4 rings (SSSR count). The van der Waals surface area contributed by atoms with Crippen LogP contribution in [-0.2, 0) is 6.54 Å². The summed E-state index contributed by atoms with van der Waals surface area (Å²) in [4.78, 5) is 28.2. The van der Waals surface area contributed by atoms with Gasteiger partial charge in [-0.15, -0.1) is 0 Å². The molecule has 1 heterocycles. The number of hydrogen-bond acceptors (Lipinski definition) is 5. The monoisotopic (exact) mass is 419 g/mol. The van der Waals surface area contributed by atoms with E-state index in [1.54, 1.807) is 30.3 Å². The van der Waals surface area contributed by atoms with Crippen LogP contribution in [0.3, 0.4) is 0 Å². The van der Waals surface area contributed by atoms with Crippen LogP contribution in [0.1, 0.15) is 17.3 Å². The Morgan fingerprint density at radius 3 is 2.57 bits per heavy atom. The van der Waals surface area contributed by atoms with Crippen LogP contribution in [0.25, 0.3) is 10.2 Å². The van der Waals surface area contributed by atoms with E-state index in [9.17, 15) is 14.9 Å². The molecule has 0 saturated carbocycles. The van der Waals surface area contributed by atoms with E-state index in [0.717, 1.165) is 5.52 Å². The van der Waals surface area contributed by atoms with Crippen molar-refractivity contribution in [2.45, 2.75) is 13.5 Å². The molecule has 0 atom stereocenters. The van der Waals surface area contributed by atoms with Crippen molar-refractivity contribution >= 4 is 33.1 Å². The fraction of sp³-hybridized carbons (Fsp3) is 0.0909. The van der Waals surface area contributed by atoms with Crippen LogP contribution in [0.2, 0.25) is 0 Å². The number of carbonyl (C=O) groups is 1. The van der Waals surface area contributed by atoms with Crippen molar-refractivity contribution in [1.82, 2.24) is 4.57 Å². The SMILES string of the molecule is CCn1c(=NC(=O)c2cccc(Oc3ccccc3)c2)sc2cc([N+](=O)[O-])ccc21. The van der Waals surface area contributed by atoms with E-state index in [1.807, 2.05) is 41.8 Å². The van der Waals surface area contributed by atoms with Crippen molar-refractivity contribution in [3.05, 3.63) is 93.3 Å². The summed E-state index contributed by atoms with van der Waals surface area (Å²) >= 11 is 1.25. The van der Waals surface area contributed by atoms with E-state index in [2.05, 4.69) is 4.99 Å². The molecular formula is C22H17N3O4S. The lowest BCUT2D eigenvalue weighted by Gasteiger charge is -2.06. The molecule has 8 heteroatoms. The van der Waals surface area contributed by atoms with Crippen molar-refractivity contribution in [2.24, 2.45) is 4.99 Å². The second kappa shape index (κ2) is 8.30. The molecule has 4 aromatic rings. The number of thiazole rings is 1. The predicted octanol–water partition coefficient (Wildman–Crippen LogP) is 5.16. The molecule has 0 aliphatic carbocycles. The first-order valence-corrected chi connectivity index (χ1v) is 10.1. The van der Waals surface area contributed by atoms with Gasteiger partial charge in [-0.3, -0.25) is 14.9 Å². The van der Waals surface area contributed by atoms with E-state index in [0.29, 0.717) is 33.1 Å². The number of carbonyl (C=O) groups excluding carboxylic acids is 1. The van der Waals surface area contributed by atoms with Crippen LogP contribution < -0.4 is 9.54 Å². The van der Waals surface area contributed by atoms with Gasteiger partial charge in [0.25, 0.3) is 11.6 Å². The van der Waals surface area contributed by atoms with Gasteiger partial charge >= 0.3 is 0 Å². The third kappa shape index (κ3) is 3.99. The van der Waals surface area contributed by atoms with Gasteiger partial charge in [0, 0.05) is 24.2 Å². The summed E-state index contributed by atoms with van der Waals surface area (Å²) in [6.45, 7) is 2.52. The van der Waals surface area contributed by atoms with Gasteiger partial charge in [-0.05, 0) is 43.3 Å². The van der Waals surface area contributed by atoms with Crippen LogP contribution in [0, 0.1) is 10.1 Å². The maximum atomic E-state index is 12.8. The normalized spacial score (nSPS) is 11.6. The number of para-hydroxylation sites is 1. The second-order valence-electron chi connectivity index (χ2n) is 6.40. The summed E-state index contributed by atoms with van der Waals surface area (Å²) < 4.78 is 8.36. The number of benzene rings is 3. The van der Waals surface area contributed by atoms with Gasteiger partial charge in [0.15, 0.2) is 4.80 Å². The summed E-state index contributed by atoms with van der Waals surface area (Å²) in [5, 5.41) is 11.0. The maximum absolute atomic E-state index is 12.8. The van der Waals surface area contributed by atoms with Crippen molar-refractivity contribution in [1.29, 1.82) is 0 Å². The number of fused-ring (bicyclic) bond motifs is 1. The van der Waals surface area contributed by atoms with Gasteiger partial charge in [0.05, 0.1) is 15.1 Å². The Kier molecular flexibility index (Phi) is 5.40. The number of rotatable bonds is 5. The highest BCUT2D eigenvalue weighted by atomic mass is 32.1. The van der Waals surface area contributed by atoms with Gasteiger partial charge in [-0.25, -0.2) is 0 Å². The number of nitrogens with zero attached hydrogens (tertiary/aromatic N) is 3. The number of nitro benzene ring substituents is 1. The molecule has 1 aromatic heterocycles. The zero-order valence-electron chi connectivity index (χ0n) is 16.0. The van der Waals surface area contributed by atoms with Crippen LogP contribution in [0.4, 0.5) is 5.69 Å². The first-order chi connectivity index (χ1) is 14.5. The second-order valence-corrected chi connectivity index (χ2v) is 7.41. The van der Waals surface area contributed by atoms with E-state index in [4.69, 9.17) is 4.74 Å². The molecule has 0 N–H and O–H groups in total. The Balaban J connectivity index is 1.69. The van der Waals surface area contributed by atoms with Gasteiger partial charge in [0.2, 0.25) is 0 Å². The van der Waals surface area contributed by atoms with Crippen molar-refractivity contribution in [3.63, 3.8) is 0 Å². The number of aromatic nitrogens is 1. The van der Waals surface area contributed by atoms with Crippen LogP contribution in [-0.4, -0.2) is 15.4 Å². The Hall–Kier alpha value is -3.78. The van der Waals surface area contributed by atoms with E-state index < -0.39 is 10.8 Å². The molecule has 0 radical (unpaired) electrons. The van der Waals surface area contributed by atoms with E-state index >= 15 is 0 Å². The van der Waals surface area contributed by atoms with Crippen LogP contribution in [0.15, 0.2) is 77.8 Å². The zero-order valence-corrected chi connectivity index (χ0v) is 16.8. The highest BCUT2D eigenvalue weighted by molar-refractivity contribution is 7.16. The van der Waals surface area contributed by atoms with Crippen molar-refractivity contribution < 1.29 is 14.5 Å². The molecule has 0 unspecified atom stereocenters. The molecule has 0 fully saturated rings. The minimum Gasteiger partial charge on any atom is -0.457 e. The lowest BCUT2D eigenvalue weighted by molar-refractivity contribution is -0.384. The van der Waals surface area contributed by atoms with Gasteiger partial charge in [0.1, 0.15) is 11.5 Å². The van der Waals surface area contributed by atoms with Gasteiger partial charge in [-0.1, -0.05) is 35.6 Å². The fourth-order valence-corrected chi connectivity index (χ4v) is 4.16. The first kappa shape index (κ1) is 19.5.